The molecule has 0 aromatic heterocycles. The van der Waals surface area contributed by atoms with Gasteiger partial charge in [0.15, 0.2) is 6.10 Å². The number of quaternary nitrogens is 1. The van der Waals surface area contributed by atoms with Gasteiger partial charge in [-0.25, -0.2) is 4.57 Å². The fraction of sp³-hybridized carbons (Fsp3) is 0.804. The summed E-state index contributed by atoms with van der Waals surface area (Å²) < 4.78 is 34.3. The summed E-state index contributed by atoms with van der Waals surface area (Å²) in [6, 6.07) is 8.27. The first kappa shape index (κ1) is 53.7. The van der Waals surface area contributed by atoms with Crippen molar-refractivity contribution in [3.8, 4) is 0 Å². The van der Waals surface area contributed by atoms with Crippen molar-refractivity contribution in [2.45, 2.75) is 181 Å². The minimum Gasteiger partial charge on any atom is -0.462 e. The standard InChI is InChI=1S/C46H83N2O9P/c1-8-9-10-11-12-13-14-15-16-17-18-19-20-21-24-27-44(49)54-37-43(38-56-58(52,53)55-35-34-48(5,6)7)57-45(50)28-25-22-23-26-33-47-46(51)40(4)42-31-29-41(30-32-42)36-39(2)3/h29-32,39-40,43H,8-28,33-38H2,1-7H3,(H-,47,51,52,53)/p+1. The summed E-state index contributed by atoms with van der Waals surface area (Å²) in [6.07, 6.45) is 21.9. The zero-order valence-corrected chi connectivity index (χ0v) is 38.6. The highest BCUT2D eigenvalue weighted by Crippen LogP contribution is 2.43. The maximum Gasteiger partial charge on any atom is 0.472 e. The van der Waals surface area contributed by atoms with Gasteiger partial charge >= 0.3 is 19.8 Å². The lowest BCUT2D eigenvalue weighted by Crippen LogP contribution is -2.37. The fourth-order valence-corrected chi connectivity index (χ4v) is 7.32. The predicted octanol–water partition coefficient (Wildman–Crippen LogP) is 10.6. The van der Waals surface area contributed by atoms with E-state index in [1.807, 2.05) is 40.2 Å². The maximum atomic E-state index is 12.8. The van der Waals surface area contributed by atoms with Crippen molar-refractivity contribution in [3.05, 3.63) is 35.4 Å². The van der Waals surface area contributed by atoms with Crippen LogP contribution in [0.5, 0.6) is 0 Å². The molecule has 0 spiro atoms. The van der Waals surface area contributed by atoms with E-state index in [-0.39, 0.29) is 37.9 Å². The number of benzene rings is 1. The minimum absolute atomic E-state index is 0.00448. The quantitative estimate of drug-likeness (QED) is 0.0290. The van der Waals surface area contributed by atoms with Gasteiger partial charge in [0.25, 0.3) is 0 Å². The van der Waals surface area contributed by atoms with Crippen LogP contribution in [0.3, 0.4) is 0 Å². The van der Waals surface area contributed by atoms with Crippen molar-refractivity contribution in [1.82, 2.24) is 5.32 Å². The number of esters is 2. The highest BCUT2D eigenvalue weighted by atomic mass is 31.2. The Kier molecular flexibility index (Phi) is 30.1. The molecule has 0 radical (unpaired) electrons. The van der Waals surface area contributed by atoms with Crippen LogP contribution in [0.15, 0.2) is 24.3 Å². The third-order valence-corrected chi connectivity index (χ3v) is 11.3. The molecule has 1 aromatic rings. The molecule has 1 aromatic carbocycles. The van der Waals surface area contributed by atoms with Crippen molar-refractivity contribution in [1.29, 1.82) is 0 Å². The predicted molar refractivity (Wildman–Crippen MR) is 235 cm³/mol. The lowest BCUT2D eigenvalue weighted by molar-refractivity contribution is -0.870. The zero-order valence-electron chi connectivity index (χ0n) is 37.7. The molecule has 0 saturated carbocycles. The summed E-state index contributed by atoms with van der Waals surface area (Å²) in [5, 5.41) is 3.02. The first-order valence-electron chi connectivity index (χ1n) is 22.8. The summed E-state index contributed by atoms with van der Waals surface area (Å²) in [5.74, 6) is -0.562. The number of unbranched alkanes of at least 4 members (excludes halogenated alkanes) is 17. The van der Waals surface area contributed by atoms with Crippen molar-refractivity contribution in [2.75, 3.05) is 54.1 Å². The van der Waals surface area contributed by atoms with E-state index in [2.05, 4.69) is 38.2 Å². The molecule has 0 aliphatic carbocycles. The molecular formula is C46H84N2O9P+. The Morgan fingerprint density at radius 3 is 1.71 bits per heavy atom. The van der Waals surface area contributed by atoms with Crippen LogP contribution in [-0.4, -0.2) is 87.4 Å². The average molecular weight is 840 g/mol. The van der Waals surface area contributed by atoms with Crippen LogP contribution in [0, 0.1) is 5.92 Å². The van der Waals surface area contributed by atoms with Crippen LogP contribution in [0.1, 0.15) is 180 Å². The molecule has 0 fully saturated rings. The third-order valence-electron chi connectivity index (χ3n) is 10.3. The molecule has 12 heteroatoms. The first-order chi connectivity index (χ1) is 27.6. The van der Waals surface area contributed by atoms with Gasteiger partial charge in [-0.3, -0.25) is 23.4 Å². The number of nitrogens with zero attached hydrogens (tertiary/aromatic N) is 1. The normalized spacial score (nSPS) is 13.9. The summed E-state index contributed by atoms with van der Waals surface area (Å²) in [6.45, 7) is 8.88. The molecule has 1 amide bonds. The number of hydrogen-bond acceptors (Lipinski definition) is 8. The van der Waals surface area contributed by atoms with Gasteiger partial charge < -0.3 is 24.2 Å². The number of hydrogen-bond donors (Lipinski definition) is 2. The number of phosphoric acid groups is 1. The maximum absolute atomic E-state index is 12.8. The van der Waals surface area contributed by atoms with E-state index in [1.54, 1.807) is 0 Å². The molecule has 0 aliphatic heterocycles. The Labute approximate surface area is 353 Å². The van der Waals surface area contributed by atoms with Gasteiger partial charge in [0.2, 0.25) is 5.91 Å². The van der Waals surface area contributed by atoms with Gasteiger partial charge in [-0.2, -0.15) is 0 Å². The van der Waals surface area contributed by atoms with Crippen molar-refractivity contribution in [2.24, 2.45) is 5.92 Å². The van der Waals surface area contributed by atoms with Crippen molar-refractivity contribution in [3.63, 3.8) is 0 Å². The average Bonchev–Trinajstić information content (AvgIpc) is 3.16. The fourth-order valence-electron chi connectivity index (χ4n) is 6.58. The largest absolute Gasteiger partial charge is 0.472 e. The molecule has 1 rings (SSSR count). The third kappa shape index (κ3) is 30.7. The Morgan fingerprint density at radius 2 is 1.19 bits per heavy atom. The first-order valence-corrected chi connectivity index (χ1v) is 24.3. The highest BCUT2D eigenvalue weighted by molar-refractivity contribution is 7.47. The lowest BCUT2D eigenvalue weighted by atomic mass is 9.96. The summed E-state index contributed by atoms with van der Waals surface area (Å²) in [4.78, 5) is 48.2. The monoisotopic (exact) mass is 840 g/mol. The second kappa shape index (κ2) is 32.5. The van der Waals surface area contributed by atoms with E-state index in [0.29, 0.717) is 29.9 Å². The molecule has 0 saturated heterocycles. The van der Waals surface area contributed by atoms with Crippen molar-refractivity contribution < 1.29 is 46.8 Å². The minimum atomic E-state index is -4.42. The lowest BCUT2D eigenvalue weighted by Gasteiger charge is -2.24. The molecule has 3 atom stereocenters. The second-order valence-corrected chi connectivity index (χ2v) is 19.1. The Balaban J connectivity index is 2.38. The van der Waals surface area contributed by atoms with E-state index < -0.39 is 32.5 Å². The number of ether oxygens (including phenoxy) is 2. The van der Waals surface area contributed by atoms with Gasteiger partial charge in [-0.1, -0.05) is 148 Å². The van der Waals surface area contributed by atoms with E-state index in [1.165, 1.54) is 82.6 Å². The van der Waals surface area contributed by atoms with Crippen LogP contribution >= 0.6 is 7.82 Å². The Hall–Kier alpha value is -2.30. The van der Waals surface area contributed by atoms with Crippen LogP contribution in [0.4, 0.5) is 0 Å². The summed E-state index contributed by atoms with van der Waals surface area (Å²) in [7, 11) is 1.39. The van der Waals surface area contributed by atoms with Crippen molar-refractivity contribution >= 4 is 25.7 Å². The number of rotatable bonds is 37. The Morgan fingerprint density at radius 1 is 0.690 bits per heavy atom. The van der Waals surface area contributed by atoms with Gasteiger partial charge in [-0.05, 0) is 49.7 Å². The molecule has 11 nitrogen and oxygen atoms in total. The number of phosphoric ester groups is 1. The molecule has 0 heterocycles. The van der Waals surface area contributed by atoms with Crippen LogP contribution < -0.4 is 5.32 Å². The highest BCUT2D eigenvalue weighted by Gasteiger charge is 2.27. The van der Waals surface area contributed by atoms with Gasteiger partial charge in [0, 0.05) is 19.4 Å². The number of likely N-dealkylation sites (N-methyl/N-ethyl adjacent to an activating group) is 1. The molecule has 0 aliphatic rings. The van der Waals surface area contributed by atoms with Crippen LogP contribution in [0.2, 0.25) is 0 Å². The Bertz CT molecular complexity index is 1270. The number of carbonyl (C=O) groups excluding carboxylic acids is 3. The van der Waals surface area contributed by atoms with E-state index >= 15 is 0 Å². The van der Waals surface area contributed by atoms with Gasteiger partial charge in [0.05, 0.1) is 33.7 Å². The smallest absolute Gasteiger partial charge is 0.462 e. The van der Waals surface area contributed by atoms with Gasteiger partial charge in [0.1, 0.15) is 19.8 Å². The summed E-state index contributed by atoms with van der Waals surface area (Å²) in [5.41, 5.74) is 2.27. The zero-order chi connectivity index (χ0) is 43.1. The SMILES string of the molecule is CCCCCCCCCCCCCCCCCC(=O)OCC(COP(=O)(O)OCC[N+](C)(C)C)OC(=O)CCCCCCNC(=O)C(C)c1ccc(CC(C)C)cc1. The number of amides is 1. The molecule has 336 valence electrons. The second-order valence-electron chi connectivity index (χ2n) is 17.6. The summed E-state index contributed by atoms with van der Waals surface area (Å²) >= 11 is 0. The molecular weight excluding hydrogens is 755 g/mol. The molecule has 58 heavy (non-hydrogen) atoms. The van der Waals surface area contributed by atoms with E-state index in [0.717, 1.165) is 50.5 Å². The molecule has 0 bridgehead atoms. The molecule has 3 unspecified atom stereocenters. The number of carbonyl (C=O) groups is 3. The van der Waals surface area contributed by atoms with Crippen LogP contribution in [-0.2, 0) is 43.9 Å². The number of nitrogens with one attached hydrogen (secondary N) is 1. The van der Waals surface area contributed by atoms with Crippen LogP contribution in [0.25, 0.3) is 0 Å². The topological polar surface area (TPSA) is 137 Å². The van der Waals surface area contributed by atoms with Gasteiger partial charge in [-0.15, -0.1) is 0 Å². The van der Waals surface area contributed by atoms with E-state index in [9.17, 15) is 23.8 Å². The molecule has 2 N–H and O–H groups in total. The van der Waals surface area contributed by atoms with E-state index in [4.69, 9.17) is 18.5 Å².